The highest BCUT2D eigenvalue weighted by Gasteiger charge is 2.27. The van der Waals surface area contributed by atoms with Gasteiger partial charge in [0.15, 0.2) is 0 Å². The van der Waals surface area contributed by atoms with Crippen LogP contribution in [0, 0.1) is 5.92 Å². The van der Waals surface area contributed by atoms with Crippen LogP contribution in [0.1, 0.15) is 13.3 Å². The second kappa shape index (κ2) is 3.72. The van der Waals surface area contributed by atoms with E-state index in [4.69, 9.17) is 4.74 Å². The second-order valence-corrected chi connectivity index (χ2v) is 3.17. The number of ether oxygens (including phenoxy) is 1. The molecule has 0 N–H and O–H groups in total. The molecular weight excluding hydrogens is 140 g/mol. The highest BCUT2D eigenvalue weighted by Crippen LogP contribution is 2.22. The van der Waals surface area contributed by atoms with E-state index in [0.717, 1.165) is 13.2 Å². The standard InChI is InChI=1S/C8H16N2O/c1-7-4-8(6-11-3)5-10(7)9-2/h7-8H,2,4-6H2,1,3H3/t7-,8?/m1/s1. The molecule has 3 nitrogen and oxygen atoms in total. The number of rotatable bonds is 3. The van der Waals surface area contributed by atoms with Crippen molar-refractivity contribution in [3.8, 4) is 0 Å². The van der Waals surface area contributed by atoms with Crippen LogP contribution in [0.4, 0.5) is 0 Å². The molecule has 1 heterocycles. The quantitative estimate of drug-likeness (QED) is 0.568. The molecule has 0 aliphatic carbocycles. The Hall–Kier alpha value is -0.570. The zero-order valence-electron chi connectivity index (χ0n) is 7.29. The van der Waals surface area contributed by atoms with Gasteiger partial charge in [0.25, 0.3) is 0 Å². The normalized spacial score (nSPS) is 30.9. The largest absolute Gasteiger partial charge is 0.384 e. The molecule has 1 fully saturated rings. The maximum Gasteiger partial charge on any atom is 0.0508 e. The first-order chi connectivity index (χ1) is 5.27. The lowest BCUT2D eigenvalue weighted by atomic mass is 10.1. The van der Waals surface area contributed by atoms with Crippen LogP contribution in [0.25, 0.3) is 0 Å². The molecule has 0 amide bonds. The summed E-state index contributed by atoms with van der Waals surface area (Å²) in [4.78, 5) is 0. The highest BCUT2D eigenvalue weighted by molar-refractivity contribution is 5.22. The number of hydrogen-bond acceptors (Lipinski definition) is 3. The molecule has 1 saturated heterocycles. The van der Waals surface area contributed by atoms with Gasteiger partial charge in [0.2, 0.25) is 0 Å². The third kappa shape index (κ3) is 1.93. The van der Waals surface area contributed by atoms with Gasteiger partial charge in [0.1, 0.15) is 0 Å². The minimum absolute atomic E-state index is 0.535. The topological polar surface area (TPSA) is 24.8 Å². The van der Waals surface area contributed by atoms with Gasteiger partial charge < -0.3 is 4.74 Å². The number of nitrogens with zero attached hydrogens (tertiary/aromatic N) is 2. The number of hydrogen-bond donors (Lipinski definition) is 0. The first-order valence-electron chi connectivity index (χ1n) is 4.00. The molecule has 1 unspecified atom stereocenters. The van der Waals surface area contributed by atoms with E-state index >= 15 is 0 Å². The zero-order valence-corrected chi connectivity index (χ0v) is 7.29. The van der Waals surface area contributed by atoms with Crippen molar-refractivity contribution in [1.29, 1.82) is 0 Å². The van der Waals surface area contributed by atoms with Gasteiger partial charge in [0, 0.05) is 32.3 Å². The maximum absolute atomic E-state index is 5.08. The summed E-state index contributed by atoms with van der Waals surface area (Å²) in [5, 5.41) is 5.96. The van der Waals surface area contributed by atoms with Gasteiger partial charge >= 0.3 is 0 Å². The first-order valence-corrected chi connectivity index (χ1v) is 4.00. The predicted molar refractivity (Wildman–Crippen MR) is 45.7 cm³/mol. The van der Waals surface area contributed by atoms with Crippen molar-refractivity contribution >= 4 is 6.72 Å². The van der Waals surface area contributed by atoms with E-state index in [1.165, 1.54) is 6.42 Å². The van der Waals surface area contributed by atoms with Crippen molar-refractivity contribution in [2.24, 2.45) is 11.0 Å². The van der Waals surface area contributed by atoms with E-state index in [2.05, 4.69) is 18.7 Å². The predicted octanol–water partition coefficient (Wildman–Crippen LogP) is 0.959. The summed E-state index contributed by atoms with van der Waals surface area (Å²) >= 11 is 0. The SMILES string of the molecule is C=NN1CC(COC)C[C@H]1C. The average molecular weight is 156 g/mol. The Morgan fingerprint density at radius 1 is 1.73 bits per heavy atom. The molecule has 0 spiro atoms. The van der Waals surface area contributed by atoms with Crippen LogP contribution in [0.15, 0.2) is 5.10 Å². The van der Waals surface area contributed by atoms with Gasteiger partial charge in [-0.25, -0.2) is 0 Å². The Morgan fingerprint density at radius 2 is 2.45 bits per heavy atom. The molecule has 0 aromatic rings. The van der Waals surface area contributed by atoms with E-state index in [0.29, 0.717) is 12.0 Å². The monoisotopic (exact) mass is 156 g/mol. The smallest absolute Gasteiger partial charge is 0.0508 e. The summed E-state index contributed by atoms with van der Waals surface area (Å²) in [6, 6.07) is 0.535. The summed E-state index contributed by atoms with van der Waals surface area (Å²) < 4.78 is 5.08. The van der Waals surface area contributed by atoms with Gasteiger partial charge in [-0.15, -0.1) is 0 Å². The Labute approximate surface area is 68.0 Å². The van der Waals surface area contributed by atoms with E-state index < -0.39 is 0 Å². The van der Waals surface area contributed by atoms with E-state index in [1.807, 2.05) is 5.01 Å². The van der Waals surface area contributed by atoms with Crippen LogP contribution in [0.5, 0.6) is 0 Å². The molecule has 64 valence electrons. The molecule has 0 radical (unpaired) electrons. The third-order valence-electron chi connectivity index (χ3n) is 2.21. The molecule has 11 heavy (non-hydrogen) atoms. The Balaban J connectivity index is 2.36. The number of hydrazone groups is 1. The zero-order chi connectivity index (χ0) is 8.27. The van der Waals surface area contributed by atoms with Crippen LogP contribution in [0.2, 0.25) is 0 Å². The Kier molecular flexibility index (Phi) is 2.88. The summed E-state index contributed by atoms with van der Waals surface area (Å²) in [6.45, 7) is 7.54. The second-order valence-electron chi connectivity index (χ2n) is 3.17. The lowest BCUT2D eigenvalue weighted by Gasteiger charge is -2.15. The summed E-state index contributed by atoms with van der Waals surface area (Å²) in [6.07, 6.45) is 1.17. The van der Waals surface area contributed by atoms with Crippen LogP contribution in [-0.4, -0.2) is 38.0 Å². The summed E-state index contributed by atoms with van der Waals surface area (Å²) in [7, 11) is 1.74. The van der Waals surface area contributed by atoms with Crippen molar-refractivity contribution in [1.82, 2.24) is 5.01 Å². The molecule has 3 heteroatoms. The van der Waals surface area contributed by atoms with Crippen molar-refractivity contribution in [3.63, 3.8) is 0 Å². The molecule has 0 saturated carbocycles. The van der Waals surface area contributed by atoms with Crippen molar-refractivity contribution in [2.75, 3.05) is 20.3 Å². The molecule has 1 rings (SSSR count). The molecule has 0 bridgehead atoms. The molecule has 1 aliphatic heterocycles. The molecule has 0 aromatic carbocycles. The van der Waals surface area contributed by atoms with Crippen LogP contribution in [0.3, 0.4) is 0 Å². The minimum Gasteiger partial charge on any atom is -0.384 e. The van der Waals surface area contributed by atoms with E-state index in [-0.39, 0.29) is 0 Å². The van der Waals surface area contributed by atoms with E-state index in [9.17, 15) is 0 Å². The Bertz CT molecular complexity index is 138. The molecule has 2 atom stereocenters. The van der Waals surface area contributed by atoms with Gasteiger partial charge in [-0.2, -0.15) is 5.10 Å². The third-order valence-corrected chi connectivity index (χ3v) is 2.21. The van der Waals surface area contributed by atoms with Crippen LogP contribution in [-0.2, 0) is 4.74 Å². The maximum atomic E-state index is 5.08. The number of methoxy groups -OCH3 is 1. The fourth-order valence-electron chi connectivity index (χ4n) is 1.68. The van der Waals surface area contributed by atoms with Gasteiger partial charge in [-0.05, 0) is 13.3 Å². The van der Waals surface area contributed by atoms with Gasteiger partial charge in [-0.1, -0.05) is 0 Å². The van der Waals surface area contributed by atoms with Crippen molar-refractivity contribution in [2.45, 2.75) is 19.4 Å². The van der Waals surface area contributed by atoms with Crippen LogP contribution >= 0.6 is 0 Å². The minimum atomic E-state index is 0.535. The molecule has 0 aromatic heterocycles. The van der Waals surface area contributed by atoms with Gasteiger partial charge in [-0.3, -0.25) is 5.01 Å². The highest BCUT2D eigenvalue weighted by atomic mass is 16.5. The van der Waals surface area contributed by atoms with Crippen LogP contribution < -0.4 is 0 Å². The fourth-order valence-corrected chi connectivity index (χ4v) is 1.68. The van der Waals surface area contributed by atoms with Gasteiger partial charge in [0.05, 0.1) is 6.61 Å². The Morgan fingerprint density at radius 3 is 2.91 bits per heavy atom. The van der Waals surface area contributed by atoms with Crippen molar-refractivity contribution in [3.05, 3.63) is 0 Å². The van der Waals surface area contributed by atoms with E-state index in [1.54, 1.807) is 7.11 Å². The van der Waals surface area contributed by atoms with Crippen molar-refractivity contribution < 1.29 is 4.74 Å². The lowest BCUT2D eigenvalue weighted by molar-refractivity contribution is 0.153. The fraction of sp³-hybridized carbons (Fsp3) is 0.875. The molecule has 1 aliphatic rings. The first kappa shape index (κ1) is 8.53. The summed E-state index contributed by atoms with van der Waals surface area (Å²) in [5.41, 5.74) is 0. The lowest BCUT2D eigenvalue weighted by Crippen LogP contribution is -2.20. The molecular formula is C8H16N2O. The summed E-state index contributed by atoms with van der Waals surface area (Å²) in [5.74, 6) is 0.639. The average Bonchev–Trinajstić information content (AvgIpc) is 2.32.